The maximum Gasteiger partial charge on any atom is 0.218 e. The number of nitrogens with zero attached hydrogens (tertiary/aromatic N) is 5. The van der Waals surface area contributed by atoms with Crippen molar-refractivity contribution in [1.29, 1.82) is 0 Å². The van der Waals surface area contributed by atoms with Crippen molar-refractivity contribution < 1.29 is 18.6 Å². The van der Waals surface area contributed by atoms with Crippen molar-refractivity contribution in [3.8, 4) is 39.7 Å². The van der Waals surface area contributed by atoms with Gasteiger partial charge in [-0.25, -0.2) is 23.3 Å². The predicted octanol–water partition coefficient (Wildman–Crippen LogP) is 4.93. The van der Waals surface area contributed by atoms with E-state index >= 15 is 8.78 Å². The summed E-state index contributed by atoms with van der Waals surface area (Å²) in [5.74, 6) is 0.0947. The third-order valence-electron chi connectivity index (χ3n) is 7.09. The molecule has 3 heterocycles. The highest BCUT2D eigenvalue weighted by Gasteiger charge is 2.31. The van der Waals surface area contributed by atoms with Gasteiger partial charge in [-0.1, -0.05) is 30.3 Å². The molecule has 1 aliphatic rings. The molecule has 10 heteroatoms. The van der Waals surface area contributed by atoms with Crippen molar-refractivity contribution in [3.63, 3.8) is 0 Å². The minimum Gasteiger partial charge on any atom is -0.494 e. The molecular formula is C28H26F2N6O2. The number of imidazole rings is 1. The topological polar surface area (TPSA) is 89.5 Å². The molecule has 0 amide bonds. The van der Waals surface area contributed by atoms with Crippen LogP contribution in [0.4, 0.5) is 14.6 Å². The fraction of sp³-hybridized carbons (Fsp3) is 0.250. The van der Waals surface area contributed by atoms with E-state index < -0.39 is 11.6 Å². The lowest BCUT2D eigenvalue weighted by Crippen LogP contribution is -2.37. The predicted molar refractivity (Wildman–Crippen MR) is 140 cm³/mol. The monoisotopic (exact) mass is 516 g/mol. The summed E-state index contributed by atoms with van der Waals surface area (Å²) in [7, 11) is 3.19. The van der Waals surface area contributed by atoms with Crippen molar-refractivity contribution in [2.45, 2.75) is 18.9 Å². The number of aryl methyl sites for hydroxylation is 1. The van der Waals surface area contributed by atoms with Crippen molar-refractivity contribution in [2.75, 3.05) is 19.0 Å². The molecule has 0 spiro atoms. The van der Waals surface area contributed by atoms with Crippen molar-refractivity contribution in [3.05, 3.63) is 72.7 Å². The van der Waals surface area contributed by atoms with E-state index in [2.05, 4.69) is 10.3 Å². The van der Waals surface area contributed by atoms with Crippen LogP contribution in [0.25, 0.3) is 39.4 Å². The zero-order valence-corrected chi connectivity index (χ0v) is 20.9. The SMILES string of the molecule is COc1ccc(F)c(-c2cn3nc(-c4nccn4C)nc(NC4CC(CO)C4)c3c2-c2ccccc2)c1F. The molecule has 0 radical (unpaired) electrons. The van der Waals surface area contributed by atoms with Crippen LogP contribution >= 0.6 is 0 Å². The van der Waals surface area contributed by atoms with E-state index in [1.807, 2.05) is 37.4 Å². The molecule has 1 saturated carbocycles. The van der Waals surface area contributed by atoms with E-state index in [0.717, 1.165) is 18.4 Å². The molecule has 0 bridgehead atoms. The third kappa shape index (κ3) is 3.97. The van der Waals surface area contributed by atoms with Gasteiger partial charge in [-0.3, -0.25) is 0 Å². The molecular weight excluding hydrogens is 490 g/mol. The maximum absolute atomic E-state index is 15.6. The van der Waals surface area contributed by atoms with Crippen LogP contribution < -0.4 is 10.1 Å². The van der Waals surface area contributed by atoms with Gasteiger partial charge in [0.05, 0.1) is 12.7 Å². The van der Waals surface area contributed by atoms with Gasteiger partial charge in [-0.2, -0.15) is 0 Å². The third-order valence-corrected chi connectivity index (χ3v) is 7.09. The molecule has 0 saturated heterocycles. The summed E-state index contributed by atoms with van der Waals surface area (Å²) in [5, 5.41) is 17.7. The van der Waals surface area contributed by atoms with Gasteiger partial charge in [-0.05, 0) is 36.5 Å². The number of halogens is 2. The van der Waals surface area contributed by atoms with Crippen LogP contribution in [0, 0.1) is 17.6 Å². The number of aromatic nitrogens is 5. The summed E-state index contributed by atoms with van der Waals surface area (Å²) in [4.78, 5) is 9.24. The molecule has 1 aliphatic carbocycles. The molecule has 0 aliphatic heterocycles. The fourth-order valence-corrected chi connectivity index (χ4v) is 5.08. The summed E-state index contributed by atoms with van der Waals surface area (Å²) < 4.78 is 39.5. The largest absolute Gasteiger partial charge is 0.494 e. The Kier molecular flexibility index (Phi) is 6.03. The van der Waals surface area contributed by atoms with Gasteiger partial charge in [-0.15, -0.1) is 5.10 Å². The second-order valence-corrected chi connectivity index (χ2v) is 9.52. The molecule has 8 nitrogen and oxygen atoms in total. The number of aliphatic hydroxyl groups excluding tert-OH is 1. The van der Waals surface area contributed by atoms with Crippen LogP contribution in [0.5, 0.6) is 5.75 Å². The minimum absolute atomic E-state index is 0.0571. The standard InChI is InChI=1S/C28H26F2N6O2/c1-35-11-10-31-28(35)27-33-26(32-18-12-16(13-18)15-37)25-22(17-6-4-3-5-7-17)19(14-36(25)34-27)23-20(29)8-9-21(38-2)24(23)30/h3-11,14,16,18,37H,12-13,15H2,1-2H3,(H,32,33,34). The van der Waals surface area contributed by atoms with Crippen LogP contribution in [0.1, 0.15) is 12.8 Å². The van der Waals surface area contributed by atoms with Crippen molar-refractivity contribution >= 4 is 11.3 Å². The second-order valence-electron chi connectivity index (χ2n) is 9.52. The van der Waals surface area contributed by atoms with Gasteiger partial charge in [0.2, 0.25) is 5.82 Å². The van der Waals surface area contributed by atoms with Crippen LogP contribution in [0.2, 0.25) is 0 Å². The molecule has 5 aromatic rings. The number of rotatable bonds is 7. The summed E-state index contributed by atoms with van der Waals surface area (Å²) in [6.07, 6.45) is 6.65. The Labute approximate surface area is 217 Å². The molecule has 2 aromatic carbocycles. The lowest BCUT2D eigenvalue weighted by molar-refractivity contribution is 0.151. The van der Waals surface area contributed by atoms with Gasteiger partial charge in [0.1, 0.15) is 11.3 Å². The average molecular weight is 517 g/mol. The molecule has 194 valence electrons. The summed E-state index contributed by atoms with van der Waals surface area (Å²) >= 11 is 0. The van der Waals surface area contributed by atoms with Crippen LogP contribution in [-0.4, -0.2) is 49.0 Å². The van der Waals surface area contributed by atoms with Crippen molar-refractivity contribution in [1.82, 2.24) is 24.1 Å². The zero-order chi connectivity index (χ0) is 26.4. The number of hydrogen-bond acceptors (Lipinski definition) is 6. The van der Waals surface area contributed by atoms with Gasteiger partial charge in [0.15, 0.2) is 23.2 Å². The van der Waals surface area contributed by atoms with E-state index in [0.29, 0.717) is 34.1 Å². The molecule has 1 fully saturated rings. The number of benzene rings is 2. The van der Waals surface area contributed by atoms with Gasteiger partial charge in [0, 0.05) is 49.4 Å². The number of ether oxygens (including phenoxy) is 1. The Morgan fingerprint density at radius 1 is 1.11 bits per heavy atom. The van der Waals surface area contributed by atoms with Gasteiger partial charge < -0.3 is 19.7 Å². The average Bonchev–Trinajstić information content (AvgIpc) is 3.50. The summed E-state index contributed by atoms with van der Waals surface area (Å²) in [6.45, 7) is 0.134. The van der Waals surface area contributed by atoms with E-state index in [4.69, 9.17) is 14.8 Å². The minimum atomic E-state index is -0.794. The fourth-order valence-electron chi connectivity index (χ4n) is 5.08. The Morgan fingerprint density at radius 2 is 1.89 bits per heavy atom. The highest BCUT2D eigenvalue weighted by Crippen LogP contribution is 2.43. The van der Waals surface area contributed by atoms with E-state index in [1.54, 1.807) is 27.7 Å². The lowest BCUT2D eigenvalue weighted by atomic mass is 9.81. The van der Waals surface area contributed by atoms with Crippen LogP contribution in [0.15, 0.2) is 61.1 Å². The zero-order valence-electron chi connectivity index (χ0n) is 20.9. The Bertz CT molecular complexity index is 1630. The smallest absolute Gasteiger partial charge is 0.218 e. The number of methoxy groups -OCH3 is 1. The molecule has 0 unspecified atom stereocenters. The number of fused-ring (bicyclic) bond motifs is 1. The molecule has 6 rings (SSSR count). The molecule has 0 atom stereocenters. The first-order valence-corrected chi connectivity index (χ1v) is 12.3. The Balaban J connectivity index is 1.65. The molecule has 3 aromatic heterocycles. The summed E-state index contributed by atoms with van der Waals surface area (Å²) in [5.41, 5.74) is 2.04. The first-order valence-electron chi connectivity index (χ1n) is 12.3. The Hall–Kier alpha value is -4.31. The number of aliphatic hydroxyl groups is 1. The maximum atomic E-state index is 15.6. The normalized spacial score (nSPS) is 17.0. The van der Waals surface area contributed by atoms with Gasteiger partial charge in [0.25, 0.3) is 0 Å². The van der Waals surface area contributed by atoms with Crippen molar-refractivity contribution in [2.24, 2.45) is 13.0 Å². The molecule has 38 heavy (non-hydrogen) atoms. The quantitative estimate of drug-likeness (QED) is 0.319. The number of nitrogens with one attached hydrogen (secondary N) is 1. The van der Waals surface area contributed by atoms with E-state index in [1.165, 1.54) is 19.2 Å². The summed E-state index contributed by atoms with van der Waals surface area (Å²) in [6, 6.07) is 11.9. The second kappa shape index (κ2) is 9.53. The highest BCUT2D eigenvalue weighted by atomic mass is 19.1. The van der Waals surface area contributed by atoms with Crippen LogP contribution in [-0.2, 0) is 7.05 Å². The number of anilines is 1. The van der Waals surface area contributed by atoms with Crippen LogP contribution in [0.3, 0.4) is 0 Å². The van der Waals surface area contributed by atoms with Gasteiger partial charge >= 0.3 is 0 Å². The first-order chi connectivity index (χ1) is 18.5. The first kappa shape index (κ1) is 24.1. The highest BCUT2D eigenvalue weighted by molar-refractivity contribution is 5.99. The lowest BCUT2D eigenvalue weighted by Gasteiger charge is -2.35. The Morgan fingerprint density at radius 3 is 2.58 bits per heavy atom. The van der Waals surface area contributed by atoms with E-state index in [9.17, 15) is 5.11 Å². The van der Waals surface area contributed by atoms with E-state index in [-0.39, 0.29) is 29.9 Å². The number of hydrogen-bond donors (Lipinski definition) is 2. The molecule has 2 N–H and O–H groups in total.